The van der Waals surface area contributed by atoms with Gasteiger partial charge in [0.25, 0.3) is 6.02 Å². The number of carbonyl (C=O) groups excluding carboxylic acids is 1. The number of rotatable bonds is 2. The van der Waals surface area contributed by atoms with E-state index in [2.05, 4.69) is 0 Å². The van der Waals surface area contributed by atoms with E-state index in [4.69, 9.17) is 33.3 Å². The Morgan fingerprint density at radius 3 is 2.95 bits per heavy atom. The van der Waals surface area contributed by atoms with Gasteiger partial charge in [-0.05, 0) is 18.2 Å². The van der Waals surface area contributed by atoms with Gasteiger partial charge >= 0.3 is 6.03 Å². The Morgan fingerprint density at radius 1 is 1.63 bits per heavy atom. The number of amides is 2. The molecule has 0 aromatic heterocycles. The van der Waals surface area contributed by atoms with Gasteiger partial charge in [-0.2, -0.15) is 0 Å². The fraction of sp³-hybridized carbons (Fsp3) is 0.333. The van der Waals surface area contributed by atoms with Gasteiger partial charge in [-0.1, -0.05) is 17.7 Å². The van der Waals surface area contributed by atoms with Crippen LogP contribution in [0.3, 0.4) is 0 Å². The molecule has 2 amide bonds. The Morgan fingerprint density at radius 2 is 2.37 bits per heavy atom. The first-order chi connectivity index (χ1) is 9.02. The molecular weight excluding hydrogens is 289 g/mol. The number of alkyl halides is 1. The SMILES string of the molecule is CN(C(=O)N1CC(CCl)OC1=N)c1cccc(Cl)c1. The van der Waals surface area contributed by atoms with Gasteiger partial charge in [-0.3, -0.25) is 10.3 Å². The van der Waals surface area contributed by atoms with E-state index in [1.54, 1.807) is 31.3 Å². The van der Waals surface area contributed by atoms with E-state index in [1.165, 1.54) is 9.80 Å². The van der Waals surface area contributed by atoms with Crippen LogP contribution < -0.4 is 4.90 Å². The molecule has 0 aliphatic carbocycles. The van der Waals surface area contributed by atoms with E-state index in [0.717, 1.165) is 0 Å². The highest BCUT2D eigenvalue weighted by Crippen LogP contribution is 2.21. The molecule has 19 heavy (non-hydrogen) atoms. The Bertz CT molecular complexity index is 510. The molecule has 1 aliphatic rings. The lowest BCUT2D eigenvalue weighted by Crippen LogP contribution is -2.42. The Labute approximate surface area is 121 Å². The molecule has 1 aromatic carbocycles. The van der Waals surface area contributed by atoms with E-state index in [1.807, 2.05) is 0 Å². The molecule has 5 nitrogen and oxygen atoms in total. The summed E-state index contributed by atoms with van der Waals surface area (Å²) in [6.07, 6.45) is -0.328. The number of nitrogens with one attached hydrogen (secondary N) is 1. The number of benzene rings is 1. The second kappa shape index (κ2) is 5.67. The summed E-state index contributed by atoms with van der Waals surface area (Å²) in [6, 6.07) is 6.41. The number of anilines is 1. The molecule has 2 rings (SSSR count). The fourth-order valence-electron chi connectivity index (χ4n) is 1.77. The van der Waals surface area contributed by atoms with Crippen LogP contribution in [0.1, 0.15) is 0 Å². The summed E-state index contributed by atoms with van der Waals surface area (Å²) >= 11 is 11.6. The summed E-state index contributed by atoms with van der Waals surface area (Å²) in [5, 5.41) is 8.18. The van der Waals surface area contributed by atoms with Crippen LogP contribution in [0.15, 0.2) is 24.3 Å². The van der Waals surface area contributed by atoms with Crippen molar-refractivity contribution in [3.63, 3.8) is 0 Å². The fourth-order valence-corrected chi connectivity index (χ4v) is 2.11. The minimum absolute atomic E-state index is 0.176. The van der Waals surface area contributed by atoms with Gasteiger partial charge in [-0.25, -0.2) is 9.69 Å². The molecule has 1 unspecified atom stereocenters. The van der Waals surface area contributed by atoms with Crippen molar-refractivity contribution in [2.24, 2.45) is 0 Å². The number of nitrogens with zero attached hydrogens (tertiary/aromatic N) is 2. The molecule has 0 spiro atoms. The predicted octanol–water partition coefficient (Wildman–Crippen LogP) is 2.77. The van der Waals surface area contributed by atoms with Gasteiger partial charge in [0.05, 0.1) is 12.4 Å². The zero-order valence-corrected chi connectivity index (χ0v) is 11.8. The monoisotopic (exact) mass is 301 g/mol. The van der Waals surface area contributed by atoms with Crippen molar-refractivity contribution in [3.8, 4) is 0 Å². The van der Waals surface area contributed by atoms with Gasteiger partial charge in [0.1, 0.15) is 6.10 Å². The molecule has 0 saturated carbocycles. The van der Waals surface area contributed by atoms with Crippen LogP contribution in [0.2, 0.25) is 5.02 Å². The first kappa shape index (κ1) is 14.0. The lowest BCUT2D eigenvalue weighted by Gasteiger charge is -2.22. The molecule has 1 fully saturated rings. The van der Waals surface area contributed by atoms with Crippen LogP contribution in [0.25, 0.3) is 0 Å². The quantitative estimate of drug-likeness (QED) is 0.854. The van der Waals surface area contributed by atoms with Crippen molar-refractivity contribution in [1.29, 1.82) is 5.41 Å². The number of urea groups is 1. The van der Waals surface area contributed by atoms with Crippen molar-refractivity contribution in [3.05, 3.63) is 29.3 Å². The maximum atomic E-state index is 12.3. The normalized spacial score (nSPS) is 18.4. The number of halogens is 2. The van der Waals surface area contributed by atoms with E-state index in [-0.39, 0.29) is 30.6 Å². The number of ether oxygens (including phenoxy) is 1. The van der Waals surface area contributed by atoms with Crippen LogP contribution in [-0.4, -0.2) is 42.5 Å². The van der Waals surface area contributed by atoms with E-state index in [0.29, 0.717) is 10.7 Å². The summed E-state index contributed by atoms with van der Waals surface area (Å²) in [7, 11) is 1.62. The first-order valence-corrected chi connectivity index (χ1v) is 6.56. The van der Waals surface area contributed by atoms with Crippen molar-refractivity contribution >= 4 is 40.9 Å². The second-order valence-corrected chi connectivity index (χ2v) is 4.88. The third-order valence-corrected chi connectivity index (χ3v) is 3.37. The number of amidine groups is 1. The lowest BCUT2D eigenvalue weighted by atomic mass is 10.3. The van der Waals surface area contributed by atoms with Gasteiger partial charge in [-0.15, -0.1) is 11.6 Å². The highest BCUT2D eigenvalue weighted by atomic mass is 35.5. The standard InChI is InChI=1S/C12H13Cl2N3O2/c1-16(9-4-2-3-8(14)5-9)12(18)17-7-10(6-13)19-11(17)15/h2-5,10,15H,6-7H2,1H3. The number of hydrogen-bond acceptors (Lipinski definition) is 3. The molecule has 7 heteroatoms. The molecule has 1 aromatic rings. The van der Waals surface area contributed by atoms with Crippen LogP contribution in [0, 0.1) is 5.41 Å². The smallest absolute Gasteiger partial charge is 0.332 e. The third-order valence-electron chi connectivity index (χ3n) is 2.80. The van der Waals surface area contributed by atoms with Gasteiger partial charge in [0.15, 0.2) is 0 Å². The summed E-state index contributed by atoms with van der Waals surface area (Å²) in [4.78, 5) is 14.9. The summed E-state index contributed by atoms with van der Waals surface area (Å²) in [6.45, 7) is 0.284. The first-order valence-electron chi connectivity index (χ1n) is 5.65. The maximum absolute atomic E-state index is 12.3. The van der Waals surface area contributed by atoms with E-state index < -0.39 is 0 Å². The average Bonchev–Trinajstić information content (AvgIpc) is 2.78. The molecular formula is C12H13Cl2N3O2. The topological polar surface area (TPSA) is 56.6 Å². The van der Waals surface area contributed by atoms with Crippen LogP contribution in [-0.2, 0) is 4.74 Å². The van der Waals surface area contributed by atoms with E-state index >= 15 is 0 Å². The number of hydrogen-bond donors (Lipinski definition) is 1. The van der Waals surface area contributed by atoms with Crippen LogP contribution in [0.5, 0.6) is 0 Å². The minimum atomic E-state index is -0.347. The molecule has 0 radical (unpaired) electrons. The Kier molecular flexibility index (Phi) is 4.17. The minimum Gasteiger partial charge on any atom is -0.458 e. The molecule has 102 valence electrons. The molecule has 1 saturated heterocycles. The van der Waals surface area contributed by atoms with E-state index in [9.17, 15) is 4.79 Å². The van der Waals surface area contributed by atoms with Crippen molar-refractivity contribution in [2.75, 3.05) is 24.4 Å². The van der Waals surface area contributed by atoms with Crippen LogP contribution in [0.4, 0.5) is 10.5 Å². The average molecular weight is 302 g/mol. The lowest BCUT2D eigenvalue weighted by molar-refractivity contribution is 0.230. The summed E-state index contributed by atoms with van der Waals surface area (Å²) in [5.41, 5.74) is 0.652. The molecule has 1 atom stereocenters. The summed E-state index contributed by atoms with van der Waals surface area (Å²) in [5.74, 6) is 0.243. The second-order valence-electron chi connectivity index (χ2n) is 4.13. The highest BCUT2D eigenvalue weighted by molar-refractivity contribution is 6.30. The third kappa shape index (κ3) is 2.93. The molecule has 0 bridgehead atoms. The van der Waals surface area contributed by atoms with Gasteiger partial charge in [0, 0.05) is 17.8 Å². The summed E-state index contributed by atoms with van der Waals surface area (Å²) < 4.78 is 5.16. The molecule has 1 aliphatic heterocycles. The van der Waals surface area contributed by atoms with Crippen molar-refractivity contribution < 1.29 is 9.53 Å². The van der Waals surface area contributed by atoms with Crippen LogP contribution >= 0.6 is 23.2 Å². The maximum Gasteiger partial charge on any atom is 0.332 e. The molecule has 1 N–H and O–H groups in total. The Balaban J connectivity index is 2.14. The Hall–Kier alpha value is -1.46. The number of carbonyl (C=O) groups is 1. The predicted molar refractivity (Wildman–Crippen MR) is 75.3 cm³/mol. The van der Waals surface area contributed by atoms with Gasteiger partial charge in [0.2, 0.25) is 0 Å². The highest BCUT2D eigenvalue weighted by Gasteiger charge is 2.34. The van der Waals surface area contributed by atoms with Crippen molar-refractivity contribution in [1.82, 2.24) is 4.90 Å². The zero-order valence-electron chi connectivity index (χ0n) is 10.3. The van der Waals surface area contributed by atoms with Crippen molar-refractivity contribution in [2.45, 2.75) is 6.10 Å². The largest absolute Gasteiger partial charge is 0.458 e. The molecule has 1 heterocycles. The van der Waals surface area contributed by atoms with Gasteiger partial charge < -0.3 is 4.74 Å². The zero-order chi connectivity index (χ0) is 14.0.